The van der Waals surface area contributed by atoms with Gasteiger partial charge in [-0.3, -0.25) is 4.18 Å². The Hall–Kier alpha value is -2.16. The molecular weight excluding hydrogens is 220 g/mol. The van der Waals surface area contributed by atoms with Gasteiger partial charge in [0.15, 0.2) is 0 Å². The first kappa shape index (κ1) is 10.9. The van der Waals surface area contributed by atoms with Crippen molar-refractivity contribution in [2.24, 2.45) is 4.99 Å². The Morgan fingerprint density at radius 2 is 1.87 bits per heavy atom. The highest BCUT2D eigenvalue weighted by Gasteiger charge is 2.14. The van der Waals surface area contributed by atoms with Crippen LogP contribution in [0.4, 0.5) is 5.69 Å². The molecule has 6 nitrogen and oxygen atoms in total. The van der Waals surface area contributed by atoms with Crippen LogP contribution in [-0.4, -0.2) is 14.5 Å². The van der Waals surface area contributed by atoms with Crippen molar-refractivity contribution in [2.75, 3.05) is 0 Å². The molecule has 0 saturated carbocycles. The minimum absolute atomic E-state index is 0.186. The molecule has 0 aliphatic carbocycles. The van der Waals surface area contributed by atoms with Crippen molar-refractivity contribution in [2.45, 2.75) is 4.90 Å². The summed E-state index contributed by atoms with van der Waals surface area (Å²) in [5.74, 6) is 0. The third-order valence-electron chi connectivity index (χ3n) is 1.45. The Morgan fingerprint density at radius 1 is 1.27 bits per heavy atom. The van der Waals surface area contributed by atoms with Crippen LogP contribution in [0, 0.1) is 11.5 Å². The summed E-state index contributed by atoms with van der Waals surface area (Å²) in [5.41, 5.74) is 0.265. The molecular formula is C8H4N2O4S. The van der Waals surface area contributed by atoms with Crippen LogP contribution in [0.1, 0.15) is 0 Å². The Bertz CT molecular complexity index is 535. The number of rotatable bonds is 3. The Morgan fingerprint density at radius 3 is 2.33 bits per heavy atom. The predicted octanol–water partition coefficient (Wildman–Crippen LogP) is 0.840. The summed E-state index contributed by atoms with van der Waals surface area (Å²) < 4.78 is 26.2. The second-order valence-electron chi connectivity index (χ2n) is 2.33. The summed E-state index contributed by atoms with van der Waals surface area (Å²) in [6, 6.07) is 4.92. The van der Waals surface area contributed by atoms with Gasteiger partial charge in [-0.1, -0.05) is 0 Å². The fourth-order valence-corrected chi connectivity index (χ4v) is 1.50. The normalized spacial score (nSPS) is 9.80. The lowest BCUT2D eigenvalue weighted by molar-refractivity contribution is 0.459. The molecule has 0 radical (unpaired) electrons. The van der Waals surface area contributed by atoms with Crippen LogP contribution in [0.25, 0.3) is 0 Å². The summed E-state index contributed by atoms with van der Waals surface area (Å²) in [5, 5.41) is 8.08. The smallest absolute Gasteiger partial charge is 0.299 e. The number of aliphatic imine (C=N–C) groups is 1. The zero-order valence-electron chi connectivity index (χ0n) is 7.25. The molecule has 15 heavy (non-hydrogen) atoms. The van der Waals surface area contributed by atoms with Crippen LogP contribution in [0.5, 0.6) is 0 Å². The fraction of sp³-hybridized carbons (Fsp3) is 0. The highest BCUT2D eigenvalue weighted by atomic mass is 32.2. The van der Waals surface area contributed by atoms with Gasteiger partial charge in [0.1, 0.15) is 4.90 Å². The van der Waals surface area contributed by atoms with E-state index in [1.54, 1.807) is 0 Å². The van der Waals surface area contributed by atoms with Gasteiger partial charge in [-0.25, -0.2) is 4.79 Å². The Labute approximate surface area is 85.6 Å². The van der Waals surface area contributed by atoms with E-state index in [0.717, 1.165) is 6.26 Å². The third-order valence-corrected chi connectivity index (χ3v) is 2.59. The number of nitrogens with zero attached hydrogens (tertiary/aromatic N) is 2. The second-order valence-corrected chi connectivity index (χ2v) is 3.87. The molecule has 0 saturated heterocycles. The van der Waals surface area contributed by atoms with Crippen molar-refractivity contribution in [3.8, 4) is 6.26 Å². The topological polar surface area (TPSA) is 96.6 Å². The molecule has 0 fully saturated rings. The molecule has 0 spiro atoms. The summed E-state index contributed by atoms with van der Waals surface area (Å²) in [6.07, 6.45) is 2.38. The standard InChI is InChI=1S/C8H4N2O4S/c9-5-14-15(12,13)8-3-1-7(2-4-8)10-6-11/h1-4H. The van der Waals surface area contributed by atoms with Gasteiger partial charge in [-0.05, 0) is 24.3 Å². The van der Waals surface area contributed by atoms with Gasteiger partial charge in [0.25, 0.3) is 0 Å². The minimum Gasteiger partial charge on any atom is -0.299 e. The molecule has 0 N–H and O–H groups in total. The van der Waals surface area contributed by atoms with Gasteiger partial charge in [-0.15, -0.1) is 5.26 Å². The van der Waals surface area contributed by atoms with Crippen molar-refractivity contribution in [1.29, 1.82) is 5.26 Å². The van der Waals surface area contributed by atoms with Crippen LogP contribution in [0.15, 0.2) is 34.2 Å². The maximum Gasteiger partial charge on any atom is 0.348 e. The second kappa shape index (κ2) is 4.37. The first-order valence-electron chi connectivity index (χ1n) is 3.60. The van der Waals surface area contributed by atoms with E-state index in [-0.39, 0.29) is 10.6 Å². The molecule has 1 aromatic rings. The van der Waals surface area contributed by atoms with E-state index in [9.17, 15) is 13.2 Å². The maximum atomic E-state index is 11.1. The number of isocyanates is 1. The number of benzene rings is 1. The van der Waals surface area contributed by atoms with Gasteiger partial charge in [0.2, 0.25) is 6.08 Å². The van der Waals surface area contributed by atoms with E-state index in [1.165, 1.54) is 30.3 Å². The lowest BCUT2D eigenvalue weighted by Gasteiger charge is -1.98. The molecule has 0 unspecified atom stereocenters. The van der Waals surface area contributed by atoms with Crippen LogP contribution < -0.4 is 0 Å². The molecule has 76 valence electrons. The van der Waals surface area contributed by atoms with Crippen molar-refractivity contribution in [3.63, 3.8) is 0 Å². The van der Waals surface area contributed by atoms with Gasteiger partial charge < -0.3 is 0 Å². The van der Waals surface area contributed by atoms with E-state index in [2.05, 4.69) is 9.18 Å². The number of nitriles is 1. The van der Waals surface area contributed by atoms with Crippen molar-refractivity contribution in [3.05, 3.63) is 24.3 Å². The first-order chi connectivity index (χ1) is 7.10. The molecule has 0 aliphatic rings. The highest BCUT2D eigenvalue weighted by molar-refractivity contribution is 7.86. The first-order valence-corrected chi connectivity index (χ1v) is 5.01. The molecule has 0 aromatic heterocycles. The van der Waals surface area contributed by atoms with E-state index in [0.29, 0.717) is 0 Å². The molecule has 1 rings (SSSR count). The van der Waals surface area contributed by atoms with Crippen molar-refractivity contribution < 1.29 is 17.4 Å². The fourth-order valence-electron chi connectivity index (χ4n) is 0.837. The monoisotopic (exact) mass is 224 g/mol. The average molecular weight is 224 g/mol. The lowest BCUT2D eigenvalue weighted by atomic mass is 10.3. The largest absolute Gasteiger partial charge is 0.348 e. The number of carbonyl (C=O) groups excluding carboxylic acids is 1. The van der Waals surface area contributed by atoms with Crippen LogP contribution in [-0.2, 0) is 19.1 Å². The van der Waals surface area contributed by atoms with Gasteiger partial charge >= 0.3 is 16.4 Å². The molecule has 7 heteroatoms. The van der Waals surface area contributed by atoms with E-state index in [1.807, 2.05) is 0 Å². The quantitative estimate of drug-likeness (QED) is 0.328. The molecule has 0 amide bonds. The Kier molecular flexibility index (Phi) is 3.18. The van der Waals surface area contributed by atoms with E-state index >= 15 is 0 Å². The SMILES string of the molecule is N#COS(=O)(=O)c1ccc(N=C=O)cc1. The van der Waals surface area contributed by atoms with E-state index < -0.39 is 10.1 Å². The summed E-state index contributed by atoms with van der Waals surface area (Å²) >= 11 is 0. The molecule has 1 aromatic carbocycles. The number of hydrogen-bond acceptors (Lipinski definition) is 6. The van der Waals surface area contributed by atoms with Crippen molar-refractivity contribution >= 4 is 21.9 Å². The van der Waals surface area contributed by atoms with Crippen LogP contribution in [0.3, 0.4) is 0 Å². The molecule has 0 atom stereocenters. The van der Waals surface area contributed by atoms with Gasteiger partial charge in [0.05, 0.1) is 5.69 Å². The predicted molar refractivity (Wildman–Crippen MR) is 48.1 cm³/mol. The molecule has 0 heterocycles. The Balaban J connectivity index is 3.10. The molecule has 0 aliphatic heterocycles. The van der Waals surface area contributed by atoms with Crippen LogP contribution in [0.2, 0.25) is 0 Å². The van der Waals surface area contributed by atoms with Gasteiger partial charge in [0, 0.05) is 0 Å². The number of hydrogen-bond donors (Lipinski definition) is 0. The molecule has 0 bridgehead atoms. The summed E-state index contributed by atoms with van der Waals surface area (Å²) in [6.45, 7) is 0. The zero-order valence-corrected chi connectivity index (χ0v) is 8.06. The average Bonchev–Trinajstić information content (AvgIpc) is 2.19. The third kappa shape index (κ3) is 2.64. The van der Waals surface area contributed by atoms with Crippen molar-refractivity contribution in [1.82, 2.24) is 0 Å². The highest BCUT2D eigenvalue weighted by Crippen LogP contribution is 2.17. The maximum absolute atomic E-state index is 11.1. The van der Waals surface area contributed by atoms with Crippen LogP contribution >= 0.6 is 0 Å². The van der Waals surface area contributed by atoms with Gasteiger partial charge in [-0.2, -0.15) is 13.4 Å². The summed E-state index contributed by atoms with van der Waals surface area (Å²) in [7, 11) is -4.04. The summed E-state index contributed by atoms with van der Waals surface area (Å²) in [4.78, 5) is 13.0. The lowest BCUT2D eigenvalue weighted by Crippen LogP contribution is -2.01. The minimum atomic E-state index is -4.04. The van der Waals surface area contributed by atoms with E-state index in [4.69, 9.17) is 5.26 Å². The zero-order chi connectivity index (χ0) is 11.3.